The number of phenolic OH excluding ortho intramolecular Hbond substituents is 1. The van der Waals surface area contributed by atoms with Crippen LogP contribution in [0.5, 0.6) is 11.5 Å². The molecule has 142 valence electrons. The van der Waals surface area contributed by atoms with Crippen LogP contribution >= 0.6 is 12.2 Å². The van der Waals surface area contributed by atoms with Crippen LogP contribution in [0.2, 0.25) is 0 Å². The molecular weight excluding hydrogens is 372 g/mol. The molecule has 0 heterocycles. The maximum absolute atomic E-state index is 13.0. The van der Waals surface area contributed by atoms with Crippen molar-refractivity contribution >= 4 is 28.9 Å². The number of methoxy groups -OCH3 is 1. The first-order valence-electron chi connectivity index (χ1n) is 8.67. The fraction of sp³-hybridized carbons (Fsp3) is 0.0909. The molecule has 0 fully saturated rings. The van der Waals surface area contributed by atoms with Gasteiger partial charge in [0, 0.05) is 6.07 Å². The van der Waals surface area contributed by atoms with Crippen LogP contribution in [-0.2, 0) is 4.79 Å². The van der Waals surface area contributed by atoms with Gasteiger partial charge in [0.25, 0.3) is 0 Å². The van der Waals surface area contributed by atoms with Crippen LogP contribution in [0.1, 0.15) is 17.0 Å². The maximum Gasteiger partial charge on any atom is 0.238 e. The van der Waals surface area contributed by atoms with Crippen LogP contribution in [0.3, 0.4) is 0 Å². The number of carbonyl (C=O) groups is 1. The van der Waals surface area contributed by atoms with E-state index in [1.54, 1.807) is 12.1 Å². The number of carbonyl (C=O) groups excluding carboxylic acids is 1. The number of anilines is 1. The number of amides is 1. The van der Waals surface area contributed by atoms with Gasteiger partial charge < -0.3 is 20.5 Å². The Balaban J connectivity index is 1.80. The second-order valence-corrected chi connectivity index (χ2v) is 6.49. The summed E-state index contributed by atoms with van der Waals surface area (Å²) in [7, 11) is 1.53. The molecule has 3 rings (SSSR count). The molecular formula is C22H20N2O3S. The Morgan fingerprint density at radius 1 is 0.964 bits per heavy atom. The van der Waals surface area contributed by atoms with Crippen molar-refractivity contribution in [2.75, 3.05) is 12.4 Å². The van der Waals surface area contributed by atoms with Crippen molar-refractivity contribution in [1.82, 2.24) is 5.32 Å². The van der Waals surface area contributed by atoms with Crippen molar-refractivity contribution in [2.45, 2.75) is 5.92 Å². The summed E-state index contributed by atoms with van der Waals surface area (Å²) >= 11 is 5.28. The van der Waals surface area contributed by atoms with Gasteiger partial charge in [0.2, 0.25) is 5.91 Å². The lowest BCUT2D eigenvalue weighted by Gasteiger charge is -2.19. The molecule has 0 saturated carbocycles. The monoisotopic (exact) mass is 392 g/mol. The molecule has 3 aromatic carbocycles. The van der Waals surface area contributed by atoms with Gasteiger partial charge in [-0.25, -0.2) is 0 Å². The third-order valence-corrected chi connectivity index (χ3v) is 4.42. The third-order valence-electron chi connectivity index (χ3n) is 4.22. The summed E-state index contributed by atoms with van der Waals surface area (Å²) < 4.78 is 5.14. The summed E-state index contributed by atoms with van der Waals surface area (Å²) in [6.45, 7) is 0. The summed E-state index contributed by atoms with van der Waals surface area (Å²) in [6.07, 6.45) is 0. The van der Waals surface area contributed by atoms with E-state index in [1.165, 1.54) is 13.2 Å². The Labute approximate surface area is 169 Å². The molecule has 0 radical (unpaired) electrons. The highest BCUT2D eigenvalue weighted by Crippen LogP contribution is 2.28. The zero-order chi connectivity index (χ0) is 19.9. The van der Waals surface area contributed by atoms with Crippen LogP contribution in [0.25, 0.3) is 0 Å². The molecule has 1 amide bonds. The first-order valence-corrected chi connectivity index (χ1v) is 9.08. The number of hydrogen-bond acceptors (Lipinski definition) is 4. The van der Waals surface area contributed by atoms with E-state index in [4.69, 9.17) is 17.0 Å². The fourth-order valence-corrected chi connectivity index (χ4v) is 3.08. The number of ether oxygens (including phenoxy) is 1. The molecule has 3 N–H and O–H groups in total. The molecule has 0 unspecified atom stereocenters. The minimum absolute atomic E-state index is 0.0000627. The molecule has 28 heavy (non-hydrogen) atoms. The number of benzene rings is 3. The van der Waals surface area contributed by atoms with Crippen molar-refractivity contribution in [3.63, 3.8) is 0 Å². The van der Waals surface area contributed by atoms with Gasteiger partial charge in [-0.3, -0.25) is 4.79 Å². The molecule has 3 aromatic rings. The molecule has 0 aliphatic heterocycles. The Morgan fingerprint density at radius 2 is 1.54 bits per heavy atom. The molecule has 0 bridgehead atoms. The van der Waals surface area contributed by atoms with Gasteiger partial charge >= 0.3 is 0 Å². The number of thiocarbonyl (C=S) groups is 1. The Bertz CT molecular complexity index is 923. The smallest absolute Gasteiger partial charge is 0.238 e. The number of aromatic hydroxyl groups is 1. The summed E-state index contributed by atoms with van der Waals surface area (Å²) in [6, 6.07) is 23.7. The molecule has 0 atom stereocenters. The molecule has 0 saturated heterocycles. The van der Waals surface area contributed by atoms with E-state index in [1.807, 2.05) is 60.7 Å². The average molecular weight is 392 g/mol. The van der Waals surface area contributed by atoms with Crippen LogP contribution in [0, 0.1) is 0 Å². The van der Waals surface area contributed by atoms with E-state index < -0.39 is 5.92 Å². The number of phenols is 1. The predicted molar refractivity (Wildman–Crippen MR) is 114 cm³/mol. The van der Waals surface area contributed by atoms with E-state index in [2.05, 4.69) is 10.6 Å². The van der Waals surface area contributed by atoms with Crippen molar-refractivity contribution in [3.05, 3.63) is 90.0 Å². The lowest BCUT2D eigenvalue weighted by Crippen LogP contribution is -2.37. The van der Waals surface area contributed by atoms with Gasteiger partial charge in [0.1, 0.15) is 11.5 Å². The molecule has 6 heteroatoms. The van der Waals surface area contributed by atoms with E-state index in [0.29, 0.717) is 11.4 Å². The van der Waals surface area contributed by atoms with Crippen LogP contribution < -0.4 is 15.4 Å². The van der Waals surface area contributed by atoms with Crippen molar-refractivity contribution < 1.29 is 14.6 Å². The Morgan fingerprint density at radius 3 is 2.07 bits per heavy atom. The molecule has 5 nitrogen and oxygen atoms in total. The molecule has 0 aliphatic carbocycles. The number of nitrogens with one attached hydrogen (secondary N) is 2. The lowest BCUT2D eigenvalue weighted by atomic mass is 9.90. The molecule has 0 aromatic heterocycles. The minimum atomic E-state index is -0.513. The quantitative estimate of drug-likeness (QED) is 0.451. The number of hydrogen-bond donors (Lipinski definition) is 3. The van der Waals surface area contributed by atoms with Gasteiger partial charge in [0.15, 0.2) is 5.11 Å². The normalized spacial score (nSPS) is 10.4. The zero-order valence-corrected chi connectivity index (χ0v) is 16.1. The average Bonchev–Trinajstić information content (AvgIpc) is 2.71. The highest BCUT2D eigenvalue weighted by Gasteiger charge is 2.23. The van der Waals surface area contributed by atoms with Gasteiger partial charge in [-0.15, -0.1) is 0 Å². The van der Waals surface area contributed by atoms with Crippen LogP contribution in [0.4, 0.5) is 5.69 Å². The largest absolute Gasteiger partial charge is 0.506 e. The van der Waals surface area contributed by atoms with Gasteiger partial charge in [-0.05, 0) is 35.5 Å². The number of rotatable bonds is 5. The molecule has 0 aliphatic rings. The van der Waals surface area contributed by atoms with E-state index in [-0.39, 0.29) is 16.8 Å². The van der Waals surface area contributed by atoms with Crippen molar-refractivity contribution in [1.29, 1.82) is 0 Å². The van der Waals surface area contributed by atoms with E-state index in [0.717, 1.165) is 11.1 Å². The summed E-state index contributed by atoms with van der Waals surface area (Å²) in [5.41, 5.74) is 2.07. The minimum Gasteiger partial charge on any atom is -0.506 e. The van der Waals surface area contributed by atoms with E-state index in [9.17, 15) is 9.90 Å². The molecule has 0 spiro atoms. The summed E-state index contributed by atoms with van der Waals surface area (Å²) in [4.78, 5) is 13.0. The van der Waals surface area contributed by atoms with Crippen LogP contribution in [-0.4, -0.2) is 23.2 Å². The first kappa shape index (κ1) is 19.4. The van der Waals surface area contributed by atoms with Gasteiger partial charge in [-0.2, -0.15) is 0 Å². The van der Waals surface area contributed by atoms with Crippen LogP contribution in [0.15, 0.2) is 78.9 Å². The second kappa shape index (κ2) is 9.01. The predicted octanol–water partition coefficient (Wildman–Crippen LogP) is 4.05. The highest BCUT2D eigenvalue weighted by atomic mass is 32.1. The maximum atomic E-state index is 13.0. The standard InChI is InChI=1S/C22H20N2O3S/c1-27-17-12-13-19(25)18(14-17)23-22(28)24-21(26)20(15-8-4-2-5-9-15)16-10-6-3-7-11-16/h2-14,20,25H,1H3,(H2,23,24,26,28). The van der Waals surface area contributed by atoms with Gasteiger partial charge in [-0.1, -0.05) is 60.7 Å². The van der Waals surface area contributed by atoms with Crippen molar-refractivity contribution in [2.24, 2.45) is 0 Å². The Kier molecular flexibility index (Phi) is 6.24. The Hall–Kier alpha value is -3.38. The third kappa shape index (κ3) is 4.66. The van der Waals surface area contributed by atoms with Gasteiger partial charge in [0.05, 0.1) is 18.7 Å². The summed E-state index contributed by atoms with van der Waals surface area (Å²) in [5, 5.41) is 15.6. The topological polar surface area (TPSA) is 70.6 Å². The van der Waals surface area contributed by atoms with Crippen molar-refractivity contribution in [3.8, 4) is 11.5 Å². The highest BCUT2D eigenvalue weighted by molar-refractivity contribution is 7.80. The first-order chi connectivity index (χ1) is 13.6. The second-order valence-electron chi connectivity index (χ2n) is 6.08. The summed E-state index contributed by atoms with van der Waals surface area (Å²) in [5.74, 6) is -0.223. The van der Waals surface area contributed by atoms with E-state index >= 15 is 0 Å². The fourth-order valence-electron chi connectivity index (χ4n) is 2.87. The lowest BCUT2D eigenvalue weighted by molar-refractivity contribution is -0.120. The zero-order valence-electron chi connectivity index (χ0n) is 15.3. The SMILES string of the molecule is COc1ccc(O)c(NC(=S)NC(=O)C(c2ccccc2)c2ccccc2)c1.